The number of carboxylic acids is 3. The lowest BCUT2D eigenvalue weighted by atomic mass is 9.62. The summed E-state index contributed by atoms with van der Waals surface area (Å²) in [6, 6.07) is 28.3. The third-order valence-corrected chi connectivity index (χ3v) is 28.8. The average molecular weight is 1750 g/mol. The molecule has 3 aromatic carbocycles. The number of carboxylic acid groups (broad SMARTS) is 3. The van der Waals surface area contributed by atoms with Gasteiger partial charge in [-0.3, -0.25) is 29.1 Å². The maximum atomic E-state index is 13.6. The largest absolute Gasteiger partial charge is 0.480 e. The number of fused-ring (bicyclic) bond motifs is 3. The number of unbranched alkanes of at least 4 members (excludes halogenated alkanes) is 3. The summed E-state index contributed by atoms with van der Waals surface area (Å²) in [7, 11) is 0. The maximum Gasteiger partial charge on any atom is 0.325 e. The molecule has 9 aliphatic heterocycles. The van der Waals surface area contributed by atoms with E-state index in [-0.39, 0.29) is 75.1 Å². The third kappa shape index (κ3) is 22.4. The molecule has 6 N–H and O–H groups in total. The topological polar surface area (TPSA) is 252 Å². The lowest BCUT2D eigenvalue weighted by Crippen LogP contribution is -2.51. The molecular weight excluding hydrogens is 1620 g/mol. The quantitative estimate of drug-likeness (QED) is 0.0181. The molecule has 9 atom stereocenters. The van der Waals surface area contributed by atoms with Crippen molar-refractivity contribution in [2.45, 2.75) is 286 Å². The van der Waals surface area contributed by atoms with Crippen LogP contribution in [0, 0.1) is 37.0 Å². The van der Waals surface area contributed by atoms with E-state index in [4.69, 9.17) is 43.4 Å². The number of nitrogens with one attached hydrogen (secondary N) is 3. The highest BCUT2D eigenvalue weighted by Gasteiger charge is 2.60. The first kappa shape index (κ1) is 91.5. The maximum absolute atomic E-state index is 13.6. The van der Waals surface area contributed by atoms with Crippen LogP contribution in [0.5, 0.6) is 0 Å². The SMILES string of the molecule is Cc1ccc([C@@H]2CCC3(CO2)CC(F)(F)C3)c([C@@H](C(=O)O)N2CC[C@@H](OCCCCc3ccc4c(n3)NCCC4)C2)c1.Cc1ccc([C@@H]2CCC3(CO2)CC(F)(F)C3)c([C@H](C(=O)O)N2CC[C@@H](OCCCCc3ccc4c(n3)NCCC4)C2)c1.Cc1ccc([C@H]2CCC3(CO2)CC(F)(F)C3)c([C@H](C(=O)O)N2CC[C@@H](OCCCCc3ccc4c(n3)NCCC4)C2)c1. The zero-order chi connectivity index (χ0) is 88.0. The molecule has 0 amide bonds. The molecule has 3 spiro atoms. The Hall–Kier alpha value is -7.86. The van der Waals surface area contributed by atoms with Gasteiger partial charge in [-0.25, -0.2) is 41.3 Å². The number of ether oxygens (including phenoxy) is 6. The highest BCUT2D eigenvalue weighted by atomic mass is 19.3. The van der Waals surface area contributed by atoms with Crippen molar-refractivity contribution in [1.82, 2.24) is 29.7 Å². The summed E-state index contributed by atoms with van der Waals surface area (Å²) >= 11 is 0. The van der Waals surface area contributed by atoms with Crippen LogP contribution < -0.4 is 16.0 Å². The predicted molar refractivity (Wildman–Crippen MR) is 468 cm³/mol. The van der Waals surface area contributed by atoms with Crippen molar-refractivity contribution in [1.29, 1.82) is 0 Å². The molecule has 0 radical (unpaired) electrons. The van der Waals surface area contributed by atoms with Crippen molar-refractivity contribution in [2.75, 3.05) is 114 Å². The smallest absolute Gasteiger partial charge is 0.325 e. The van der Waals surface area contributed by atoms with E-state index in [9.17, 15) is 56.0 Å². The van der Waals surface area contributed by atoms with Gasteiger partial charge >= 0.3 is 17.9 Å². The van der Waals surface area contributed by atoms with Crippen LogP contribution in [0.15, 0.2) is 91.0 Å². The zero-order valence-corrected chi connectivity index (χ0v) is 73.6. The van der Waals surface area contributed by atoms with Gasteiger partial charge < -0.3 is 59.7 Å². The minimum Gasteiger partial charge on any atom is -0.480 e. The van der Waals surface area contributed by atoms with Crippen LogP contribution in [-0.2, 0) is 81.3 Å². The van der Waals surface area contributed by atoms with E-state index in [0.29, 0.717) is 117 Å². The minimum absolute atomic E-state index is 0.00254. The van der Waals surface area contributed by atoms with E-state index < -0.39 is 70.0 Å². The second-order valence-electron chi connectivity index (χ2n) is 39.0. The molecule has 3 saturated carbocycles. The van der Waals surface area contributed by atoms with E-state index in [1.54, 1.807) is 0 Å². The van der Waals surface area contributed by atoms with Crippen molar-refractivity contribution < 1.29 is 84.5 Å². The number of hydrogen-bond acceptors (Lipinski definition) is 18. The third-order valence-electron chi connectivity index (χ3n) is 28.8. The van der Waals surface area contributed by atoms with E-state index >= 15 is 0 Å². The van der Waals surface area contributed by atoms with Crippen molar-refractivity contribution >= 4 is 35.4 Å². The Morgan fingerprint density at radius 3 is 0.952 bits per heavy atom. The van der Waals surface area contributed by atoms with Crippen molar-refractivity contribution in [2.24, 2.45) is 16.2 Å². The van der Waals surface area contributed by atoms with E-state index in [0.717, 1.165) is 220 Å². The number of aryl methyl sites for hydroxylation is 9. The van der Waals surface area contributed by atoms with Crippen molar-refractivity contribution in [3.8, 4) is 0 Å². The molecule has 12 heterocycles. The van der Waals surface area contributed by atoms with Gasteiger partial charge in [0.25, 0.3) is 0 Å². The number of benzene rings is 3. The second kappa shape index (κ2) is 39.8. The van der Waals surface area contributed by atoms with Gasteiger partial charge in [0.15, 0.2) is 0 Å². The van der Waals surface area contributed by atoms with Gasteiger partial charge in [-0.1, -0.05) is 89.5 Å². The molecule has 18 rings (SSSR count). The van der Waals surface area contributed by atoms with Crippen LogP contribution in [-0.4, -0.2) is 198 Å². The Labute approximate surface area is 737 Å². The summed E-state index contributed by atoms with van der Waals surface area (Å²) in [5.74, 6) is -7.30. The fourth-order valence-electron chi connectivity index (χ4n) is 22.3. The molecule has 9 fully saturated rings. The van der Waals surface area contributed by atoms with Crippen LogP contribution in [0.3, 0.4) is 0 Å². The Morgan fingerprint density at radius 2 is 0.698 bits per heavy atom. The first-order valence-corrected chi connectivity index (χ1v) is 46.8. The van der Waals surface area contributed by atoms with E-state index in [2.05, 4.69) is 52.3 Å². The van der Waals surface area contributed by atoms with Gasteiger partial charge in [-0.2, -0.15) is 0 Å². The molecule has 3 aromatic heterocycles. The highest BCUT2D eigenvalue weighted by Crippen LogP contribution is 2.61. The highest BCUT2D eigenvalue weighted by molar-refractivity contribution is 5.78. The van der Waals surface area contributed by atoms with Crippen LogP contribution in [0.4, 0.5) is 43.8 Å². The number of alkyl halides is 6. The van der Waals surface area contributed by atoms with E-state index in [1.807, 2.05) is 90.1 Å². The molecule has 6 saturated heterocycles. The van der Waals surface area contributed by atoms with Gasteiger partial charge in [-0.15, -0.1) is 0 Å². The molecule has 6 aromatic rings. The zero-order valence-electron chi connectivity index (χ0n) is 73.6. The number of anilines is 3. The van der Waals surface area contributed by atoms with Crippen LogP contribution in [0.25, 0.3) is 0 Å². The second-order valence-corrected chi connectivity index (χ2v) is 39.0. The molecule has 684 valence electrons. The van der Waals surface area contributed by atoms with Crippen LogP contribution >= 0.6 is 0 Å². The number of pyridine rings is 3. The monoisotopic (exact) mass is 1750 g/mol. The first-order valence-electron chi connectivity index (χ1n) is 46.8. The van der Waals surface area contributed by atoms with E-state index in [1.165, 1.54) is 16.7 Å². The summed E-state index contributed by atoms with van der Waals surface area (Å²) in [5, 5.41) is 41.3. The summed E-state index contributed by atoms with van der Waals surface area (Å²) in [6.45, 7) is 15.3. The summed E-state index contributed by atoms with van der Waals surface area (Å²) < 4.78 is 119. The van der Waals surface area contributed by atoms with Crippen LogP contribution in [0.1, 0.15) is 274 Å². The van der Waals surface area contributed by atoms with Gasteiger partial charge in [0, 0.05) is 151 Å². The van der Waals surface area contributed by atoms with Crippen molar-refractivity contribution in [3.63, 3.8) is 0 Å². The normalized spacial score (nSPS) is 25.4. The fraction of sp³-hybridized carbons (Fsp3) is 0.636. The van der Waals surface area contributed by atoms with Gasteiger partial charge in [0.2, 0.25) is 17.8 Å². The molecule has 3 aliphatic carbocycles. The summed E-state index contributed by atoms with van der Waals surface area (Å²) in [4.78, 5) is 58.4. The number of hydrogen-bond donors (Lipinski definition) is 6. The molecule has 12 aliphatic rings. The lowest BCUT2D eigenvalue weighted by Gasteiger charge is -2.51. The Morgan fingerprint density at radius 1 is 0.413 bits per heavy atom. The lowest BCUT2D eigenvalue weighted by molar-refractivity contribution is -0.212. The summed E-state index contributed by atoms with van der Waals surface area (Å²) in [6.07, 6.45) is 20.1. The van der Waals surface area contributed by atoms with Gasteiger partial charge in [0.05, 0.1) is 56.4 Å². The predicted octanol–water partition coefficient (Wildman–Crippen LogP) is 18.8. The molecular formula is C99H129F6N9O12. The number of carbonyl (C=O) groups is 3. The molecule has 0 unspecified atom stereocenters. The first-order chi connectivity index (χ1) is 60.6. The fourth-order valence-corrected chi connectivity index (χ4v) is 22.3. The molecule has 27 heteroatoms. The minimum atomic E-state index is -2.58. The number of likely N-dealkylation sites (tertiary alicyclic amines) is 3. The number of nitrogens with zero attached hydrogens (tertiary/aromatic N) is 6. The average Bonchev–Trinajstić information content (AvgIpc) is 0.881. The van der Waals surface area contributed by atoms with Crippen molar-refractivity contribution in [3.05, 3.63) is 175 Å². The van der Waals surface area contributed by atoms with Gasteiger partial charge in [-0.05, 0) is 243 Å². The Kier molecular flexibility index (Phi) is 28.9. The van der Waals surface area contributed by atoms with Gasteiger partial charge in [0.1, 0.15) is 35.6 Å². The Balaban J connectivity index is 0.000000139. The number of rotatable bonds is 30. The number of aromatic nitrogens is 3. The standard InChI is InChI=1S/3C33H43F2N3O4/c3*1-22-7-10-26(28-11-13-32(21-42-28)19-33(34,35)20-32)27(17-22)29(31(39)40)38-15-12-25(18-38)41-16-3-2-6-24-9-8-23-5-4-14-36-30(23)37-24/h3*7-10,17,25,28-29H,2-6,11-16,18-21H2,1H3,(H,36,37)(H,39,40)/t25-,28+,29+;25-,28+,29-;25-,28-,29-/m111/s1. The number of aliphatic carboxylic acids is 3. The molecule has 21 nitrogen and oxygen atoms in total. The molecule has 126 heavy (non-hydrogen) atoms. The summed E-state index contributed by atoms with van der Waals surface area (Å²) in [5.41, 5.74) is 13.8. The number of halogens is 6. The Bertz CT molecular complexity index is 4270. The molecule has 0 bridgehead atoms. The van der Waals surface area contributed by atoms with Crippen LogP contribution in [0.2, 0.25) is 0 Å².